The molecule has 2 amide bonds. The van der Waals surface area contributed by atoms with E-state index in [9.17, 15) is 14.4 Å². The molecule has 0 bridgehead atoms. The first-order chi connectivity index (χ1) is 14.0. The van der Waals surface area contributed by atoms with Crippen molar-refractivity contribution in [2.24, 2.45) is 0 Å². The minimum Gasteiger partial charge on any atom is -0.497 e. The number of ether oxygens (including phenoxy) is 2. The summed E-state index contributed by atoms with van der Waals surface area (Å²) in [4.78, 5) is 36.6. The summed E-state index contributed by atoms with van der Waals surface area (Å²) in [5.41, 5.74) is 4.06. The Morgan fingerprint density at radius 3 is 2.34 bits per heavy atom. The van der Waals surface area contributed by atoms with Crippen LogP contribution in [0.4, 0.5) is 0 Å². The Labute approximate surface area is 166 Å². The van der Waals surface area contributed by atoms with Crippen LogP contribution in [-0.4, -0.2) is 25.5 Å². The molecule has 0 aliphatic carbocycles. The van der Waals surface area contributed by atoms with Crippen molar-refractivity contribution in [3.63, 3.8) is 0 Å². The first-order valence-electron chi connectivity index (χ1n) is 8.97. The van der Waals surface area contributed by atoms with Crippen LogP contribution in [0.2, 0.25) is 0 Å². The van der Waals surface area contributed by atoms with Crippen LogP contribution in [0.5, 0.6) is 11.5 Å². The Balaban J connectivity index is 1.71. The number of fused-ring (bicyclic) bond motifs is 1. The van der Waals surface area contributed by atoms with Crippen LogP contribution in [0.25, 0.3) is 11.0 Å². The molecular formula is C21H20N2O6. The Morgan fingerprint density at radius 2 is 1.66 bits per heavy atom. The topological polar surface area (TPSA) is 107 Å². The van der Waals surface area contributed by atoms with Crippen LogP contribution in [0.3, 0.4) is 0 Å². The molecule has 0 atom stereocenters. The lowest BCUT2D eigenvalue weighted by Gasteiger charge is -2.08. The molecule has 0 aliphatic heterocycles. The zero-order chi connectivity index (χ0) is 20.8. The number of carbonyl (C=O) groups is 2. The average molecular weight is 396 g/mol. The predicted molar refractivity (Wildman–Crippen MR) is 106 cm³/mol. The number of methoxy groups -OCH3 is 1. The van der Waals surface area contributed by atoms with Crippen molar-refractivity contribution in [1.82, 2.24) is 10.9 Å². The molecule has 0 aliphatic rings. The van der Waals surface area contributed by atoms with Gasteiger partial charge in [0.1, 0.15) is 22.6 Å². The predicted octanol–water partition coefficient (Wildman–Crippen LogP) is 2.67. The smallest absolute Gasteiger partial charge is 0.349 e. The summed E-state index contributed by atoms with van der Waals surface area (Å²) in [7, 11) is 1.52. The molecule has 0 spiro atoms. The van der Waals surface area contributed by atoms with Crippen LogP contribution in [0, 0.1) is 0 Å². The Morgan fingerprint density at radius 1 is 0.966 bits per heavy atom. The molecule has 0 unspecified atom stereocenters. The standard InChI is InChI=1S/C21H20N2O6/c1-3-10-28-16-9-6-14-11-17(21(26)29-18(14)12-16)20(25)23-22-19(24)13-4-7-15(27-2)8-5-13/h4-9,11-12H,3,10H2,1-2H3,(H,22,24)(H,23,25). The third-order valence-corrected chi connectivity index (χ3v) is 4.07. The highest BCUT2D eigenvalue weighted by Crippen LogP contribution is 2.20. The highest BCUT2D eigenvalue weighted by molar-refractivity contribution is 6.00. The van der Waals surface area contributed by atoms with Gasteiger partial charge in [-0.3, -0.25) is 20.4 Å². The molecule has 150 valence electrons. The number of nitrogens with one attached hydrogen (secondary N) is 2. The summed E-state index contributed by atoms with van der Waals surface area (Å²) in [6.45, 7) is 2.53. The van der Waals surface area contributed by atoms with Gasteiger partial charge in [-0.2, -0.15) is 0 Å². The van der Waals surface area contributed by atoms with E-state index in [2.05, 4.69) is 10.9 Å². The van der Waals surface area contributed by atoms with E-state index in [4.69, 9.17) is 13.9 Å². The third kappa shape index (κ3) is 4.73. The Bertz CT molecular complexity index is 1090. The highest BCUT2D eigenvalue weighted by Gasteiger charge is 2.15. The molecule has 8 nitrogen and oxygen atoms in total. The van der Waals surface area contributed by atoms with Crippen LogP contribution in [0.15, 0.2) is 57.7 Å². The Kier molecular flexibility index (Phi) is 6.13. The summed E-state index contributed by atoms with van der Waals surface area (Å²) < 4.78 is 15.8. The fraction of sp³-hybridized carbons (Fsp3) is 0.190. The number of benzene rings is 2. The Hall–Kier alpha value is -3.81. The summed E-state index contributed by atoms with van der Waals surface area (Å²) in [5, 5.41) is 0.556. The fourth-order valence-corrected chi connectivity index (χ4v) is 2.55. The molecule has 0 radical (unpaired) electrons. The SMILES string of the molecule is CCCOc1ccc2cc(C(=O)NNC(=O)c3ccc(OC)cc3)c(=O)oc2c1. The molecule has 0 saturated heterocycles. The van der Waals surface area contributed by atoms with E-state index in [-0.39, 0.29) is 5.56 Å². The van der Waals surface area contributed by atoms with Crippen molar-refractivity contribution in [1.29, 1.82) is 0 Å². The van der Waals surface area contributed by atoms with Gasteiger partial charge in [0, 0.05) is 17.0 Å². The zero-order valence-electron chi connectivity index (χ0n) is 16.0. The first kappa shape index (κ1) is 19.9. The third-order valence-electron chi connectivity index (χ3n) is 4.07. The van der Waals surface area contributed by atoms with Gasteiger partial charge in [-0.1, -0.05) is 6.92 Å². The van der Waals surface area contributed by atoms with Gasteiger partial charge in [-0.25, -0.2) is 4.79 Å². The molecule has 3 rings (SSSR count). The monoisotopic (exact) mass is 396 g/mol. The summed E-state index contributed by atoms with van der Waals surface area (Å²) in [6, 6.07) is 12.7. The fourth-order valence-electron chi connectivity index (χ4n) is 2.55. The van der Waals surface area contributed by atoms with Crippen LogP contribution in [-0.2, 0) is 0 Å². The molecule has 1 heterocycles. The molecule has 2 aromatic carbocycles. The summed E-state index contributed by atoms with van der Waals surface area (Å²) in [6.07, 6.45) is 0.851. The second kappa shape index (κ2) is 8.92. The zero-order valence-corrected chi connectivity index (χ0v) is 16.0. The number of hydrazine groups is 1. The van der Waals surface area contributed by atoms with Crippen molar-refractivity contribution < 1.29 is 23.5 Å². The van der Waals surface area contributed by atoms with E-state index in [1.54, 1.807) is 42.5 Å². The van der Waals surface area contributed by atoms with Gasteiger partial charge in [0.15, 0.2) is 0 Å². The maximum Gasteiger partial charge on any atom is 0.349 e. The van der Waals surface area contributed by atoms with Crippen molar-refractivity contribution >= 4 is 22.8 Å². The lowest BCUT2D eigenvalue weighted by molar-refractivity contribution is 0.0844. The van der Waals surface area contributed by atoms with E-state index in [1.807, 2.05) is 6.92 Å². The van der Waals surface area contributed by atoms with E-state index in [0.717, 1.165) is 6.42 Å². The molecule has 1 aromatic heterocycles. The molecule has 0 fully saturated rings. The minimum absolute atomic E-state index is 0.227. The molecular weight excluding hydrogens is 376 g/mol. The first-order valence-corrected chi connectivity index (χ1v) is 8.97. The van der Waals surface area contributed by atoms with Crippen molar-refractivity contribution in [2.45, 2.75) is 13.3 Å². The second-order valence-corrected chi connectivity index (χ2v) is 6.13. The van der Waals surface area contributed by atoms with E-state index < -0.39 is 17.4 Å². The maximum absolute atomic E-state index is 12.3. The number of amides is 2. The largest absolute Gasteiger partial charge is 0.497 e. The van der Waals surface area contributed by atoms with Crippen LogP contribution >= 0.6 is 0 Å². The van der Waals surface area contributed by atoms with Crippen molar-refractivity contribution in [3.8, 4) is 11.5 Å². The lowest BCUT2D eigenvalue weighted by atomic mass is 10.1. The van der Waals surface area contributed by atoms with E-state index in [0.29, 0.717) is 34.6 Å². The highest BCUT2D eigenvalue weighted by atomic mass is 16.5. The normalized spacial score (nSPS) is 10.4. The van der Waals surface area contributed by atoms with Crippen LogP contribution < -0.4 is 26.0 Å². The molecule has 0 saturated carbocycles. The summed E-state index contributed by atoms with van der Waals surface area (Å²) in [5.74, 6) is -0.146. The quantitative estimate of drug-likeness (QED) is 0.490. The number of carbonyl (C=O) groups excluding carboxylic acids is 2. The second-order valence-electron chi connectivity index (χ2n) is 6.13. The van der Waals surface area contributed by atoms with E-state index >= 15 is 0 Å². The maximum atomic E-state index is 12.3. The van der Waals surface area contributed by atoms with Crippen LogP contribution in [0.1, 0.15) is 34.1 Å². The van der Waals surface area contributed by atoms with E-state index in [1.165, 1.54) is 13.2 Å². The molecule has 8 heteroatoms. The van der Waals surface area contributed by atoms with Crippen molar-refractivity contribution in [2.75, 3.05) is 13.7 Å². The van der Waals surface area contributed by atoms with Gasteiger partial charge in [-0.15, -0.1) is 0 Å². The number of hydrogen-bond acceptors (Lipinski definition) is 6. The van der Waals surface area contributed by atoms with Gasteiger partial charge in [-0.05, 0) is 48.9 Å². The van der Waals surface area contributed by atoms with Gasteiger partial charge < -0.3 is 13.9 Å². The minimum atomic E-state index is -0.818. The number of rotatable bonds is 6. The molecule has 2 N–H and O–H groups in total. The van der Waals surface area contributed by atoms with Crippen molar-refractivity contribution in [3.05, 3.63) is 70.1 Å². The van der Waals surface area contributed by atoms with Gasteiger partial charge in [0.05, 0.1) is 13.7 Å². The number of hydrogen-bond donors (Lipinski definition) is 2. The van der Waals surface area contributed by atoms with Gasteiger partial charge in [0.2, 0.25) is 0 Å². The van der Waals surface area contributed by atoms with Gasteiger partial charge in [0.25, 0.3) is 11.8 Å². The lowest BCUT2D eigenvalue weighted by Crippen LogP contribution is -2.43. The summed E-state index contributed by atoms with van der Waals surface area (Å²) >= 11 is 0. The van der Waals surface area contributed by atoms with Gasteiger partial charge >= 0.3 is 5.63 Å². The average Bonchev–Trinajstić information content (AvgIpc) is 2.75. The molecule has 29 heavy (non-hydrogen) atoms. The molecule has 3 aromatic rings.